The molecule has 1 nitrogen and oxygen atoms in total. The van der Waals surface area contributed by atoms with E-state index in [-0.39, 0.29) is 0 Å². The second-order valence-corrected chi connectivity index (χ2v) is 8.09. The third-order valence-electron chi connectivity index (χ3n) is 6.03. The monoisotopic (exact) mass is 419 g/mol. The Kier molecular flexibility index (Phi) is 4.76. The lowest BCUT2D eigenvalue weighted by molar-refractivity contribution is 1.18. The van der Waals surface area contributed by atoms with Crippen molar-refractivity contribution in [2.75, 3.05) is 0 Å². The number of aromatic nitrogens is 1. The molecule has 154 valence electrons. The van der Waals surface area contributed by atoms with Gasteiger partial charge >= 0.3 is 0 Å². The molecule has 0 N–H and O–H groups in total. The molecule has 1 aromatic heterocycles. The van der Waals surface area contributed by atoms with Gasteiger partial charge in [-0.3, -0.25) is 0 Å². The van der Waals surface area contributed by atoms with E-state index in [1.54, 1.807) is 0 Å². The number of fused-ring (bicyclic) bond motifs is 3. The second-order valence-electron chi connectivity index (χ2n) is 8.09. The van der Waals surface area contributed by atoms with Crippen molar-refractivity contribution < 1.29 is 0 Å². The van der Waals surface area contributed by atoms with Crippen LogP contribution in [0.3, 0.4) is 0 Å². The summed E-state index contributed by atoms with van der Waals surface area (Å²) in [6.45, 7) is 0. The first-order chi connectivity index (χ1) is 16.4. The molecule has 5 aromatic carbocycles. The number of nitrogens with zero attached hydrogens (tertiary/aromatic N) is 1. The molecule has 0 aliphatic rings. The van der Waals surface area contributed by atoms with Crippen LogP contribution < -0.4 is 0 Å². The number of rotatable bonds is 2. The van der Waals surface area contributed by atoms with Crippen molar-refractivity contribution in [1.82, 2.24) is 4.57 Å². The van der Waals surface area contributed by atoms with E-state index in [0.717, 1.165) is 22.4 Å². The fourth-order valence-electron chi connectivity index (χ4n) is 4.49. The van der Waals surface area contributed by atoms with Crippen molar-refractivity contribution >= 4 is 21.8 Å². The van der Waals surface area contributed by atoms with Gasteiger partial charge in [-0.05, 0) is 53.6 Å². The summed E-state index contributed by atoms with van der Waals surface area (Å²) >= 11 is 0. The Labute approximate surface area is 193 Å². The molecule has 0 radical (unpaired) electrons. The van der Waals surface area contributed by atoms with Crippen molar-refractivity contribution in [3.8, 4) is 28.7 Å². The smallest absolute Gasteiger partial charge is 0.0548 e. The third-order valence-corrected chi connectivity index (χ3v) is 6.03. The van der Waals surface area contributed by atoms with E-state index in [9.17, 15) is 0 Å². The molecule has 0 amide bonds. The average Bonchev–Trinajstić information content (AvgIpc) is 3.22. The minimum atomic E-state index is 1.02. The molecule has 0 saturated carbocycles. The lowest BCUT2D eigenvalue weighted by Gasteiger charge is -2.10. The van der Waals surface area contributed by atoms with Crippen LogP contribution >= 0.6 is 0 Å². The molecule has 33 heavy (non-hydrogen) atoms. The maximum absolute atomic E-state index is 3.47. The zero-order chi connectivity index (χ0) is 22.0. The molecule has 1 heterocycles. The van der Waals surface area contributed by atoms with Crippen LogP contribution in [0.25, 0.3) is 38.6 Å². The highest BCUT2D eigenvalue weighted by Crippen LogP contribution is 2.36. The lowest BCUT2D eigenvalue weighted by Crippen LogP contribution is -1.94. The number of hydrogen-bond acceptors (Lipinski definition) is 0. The topological polar surface area (TPSA) is 4.93 Å². The SMILES string of the molecule is C(#Cc1cc2c3ccccc3n(-c3ccccc3)c2cc1-c1ccccc1)c1ccccc1. The van der Waals surface area contributed by atoms with E-state index in [1.807, 2.05) is 18.2 Å². The molecule has 6 rings (SSSR count). The van der Waals surface area contributed by atoms with Crippen LogP contribution in [0.5, 0.6) is 0 Å². The van der Waals surface area contributed by atoms with E-state index in [2.05, 4.69) is 126 Å². The van der Waals surface area contributed by atoms with Crippen molar-refractivity contribution in [2.45, 2.75) is 0 Å². The summed E-state index contributed by atoms with van der Waals surface area (Å²) in [5.74, 6) is 6.84. The molecular weight excluding hydrogens is 398 g/mol. The molecular formula is C32H21N. The summed E-state index contributed by atoms with van der Waals surface area (Å²) in [7, 11) is 0. The maximum Gasteiger partial charge on any atom is 0.0548 e. The van der Waals surface area contributed by atoms with Crippen molar-refractivity contribution in [3.63, 3.8) is 0 Å². The summed E-state index contributed by atoms with van der Waals surface area (Å²) in [5.41, 5.74) is 7.91. The Morgan fingerprint density at radius 2 is 1.12 bits per heavy atom. The predicted molar refractivity (Wildman–Crippen MR) is 139 cm³/mol. The molecule has 0 aliphatic carbocycles. The van der Waals surface area contributed by atoms with Crippen LogP contribution in [0.2, 0.25) is 0 Å². The Hall–Kier alpha value is -4.54. The molecule has 1 heteroatoms. The summed E-state index contributed by atoms with van der Waals surface area (Å²) in [5, 5.41) is 2.45. The molecule has 0 bridgehead atoms. The fraction of sp³-hybridized carbons (Fsp3) is 0. The molecule has 0 unspecified atom stereocenters. The maximum atomic E-state index is 3.47. The van der Waals surface area contributed by atoms with Gasteiger partial charge in [-0.1, -0.05) is 96.8 Å². The van der Waals surface area contributed by atoms with Gasteiger partial charge < -0.3 is 4.57 Å². The Bertz CT molecular complexity index is 1630. The van der Waals surface area contributed by atoms with Gasteiger partial charge in [-0.15, -0.1) is 0 Å². The molecule has 6 aromatic rings. The quantitative estimate of drug-likeness (QED) is 0.252. The zero-order valence-electron chi connectivity index (χ0n) is 18.1. The van der Waals surface area contributed by atoms with Gasteiger partial charge in [0.25, 0.3) is 0 Å². The fourth-order valence-corrected chi connectivity index (χ4v) is 4.49. The standard InChI is InChI=1S/C32H21N/c1-4-12-24(13-5-1)20-21-26-22-30-28-18-10-11-19-31(28)33(27-16-8-3-9-17-27)32(30)23-29(26)25-14-6-2-7-15-25/h1-19,22-23H. The summed E-state index contributed by atoms with van der Waals surface area (Å²) in [6.07, 6.45) is 0. The largest absolute Gasteiger partial charge is 0.309 e. The van der Waals surface area contributed by atoms with E-state index in [1.165, 1.54) is 27.4 Å². The van der Waals surface area contributed by atoms with Gasteiger partial charge in [-0.25, -0.2) is 0 Å². The minimum Gasteiger partial charge on any atom is -0.309 e. The highest BCUT2D eigenvalue weighted by molar-refractivity contribution is 6.11. The first-order valence-electron chi connectivity index (χ1n) is 11.1. The third kappa shape index (κ3) is 3.49. The molecule has 0 atom stereocenters. The van der Waals surface area contributed by atoms with Crippen molar-refractivity contribution in [1.29, 1.82) is 0 Å². The van der Waals surface area contributed by atoms with E-state index in [4.69, 9.17) is 0 Å². The Morgan fingerprint density at radius 3 is 1.88 bits per heavy atom. The zero-order valence-corrected chi connectivity index (χ0v) is 18.1. The van der Waals surface area contributed by atoms with Gasteiger partial charge in [0.15, 0.2) is 0 Å². The summed E-state index contributed by atoms with van der Waals surface area (Å²) in [4.78, 5) is 0. The molecule has 0 aliphatic heterocycles. The highest BCUT2D eigenvalue weighted by Gasteiger charge is 2.15. The first-order valence-corrected chi connectivity index (χ1v) is 11.1. The van der Waals surface area contributed by atoms with Crippen LogP contribution in [0.4, 0.5) is 0 Å². The Balaban J connectivity index is 1.69. The second kappa shape index (κ2) is 8.19. The molecule has 0 fully saturated rings. The molecule has 0 spiro atoms. The van der Waals surface area contributed by atoms with Crippen LogP contribution in [0.1, 0.15) is 11.1 Å². The predicted octanol–water partition coefficient (Wildman–Crippen LogP) is 7.85. The van der Waals surface area contributed by atoms with Crippen LogP contribution in [0, 0.1) is 11.8 Å². The van der Waals surface area contributed by atoms with Gasteiger partial charge in [-0.2, -0.15) is 0 Å². The van der Waals surface area contributed by atoms with Crippen LogP contribution in [-0.2, 0) is 0 Å². The van der Waals surface area contributed by atoms with E-state index in [0.29, 0.717) is 0 Å². The van der Waals surface area contributed by atoms with Crippen LogP contribution in [0.15, 0.2) is 127 Å². The molecule has 0 saturated heterocycles. The van der Waals surface area contributed by atoms with Crippen LogP contribution in [-0.4, -0.2) is 4.57 Å². The first kappa shape index (κ1) is 19.2. The number of hydrogen-bond donors (Lipinski definition) is 0. The van der Waals surface area contributed by atoms with E-state index >= 15 is 0 Å². The minimum absolute atomic E-state index is 1.02. The number of benzene rings is 5. The summed E-state index contributed by atoms with van der Waals surface area (Å²) in [6, 6.07) is 44.4. The average molecular weight is 420 g/mol. The normalized spacial score (nSPS) is 10.8. The Morgan fingerprint density at radius 1 is 0.485 bits per heavy atom. The van der Waals surface area contributed by atoms with Crippen molar-refractivity contribution in [2.24, 2.45) is 0 Å². The number of para-hydroxylation sites is 2. The van der Waals surface area contributed by atoms with Gasteiger partial charge in [0.2, 0.25) is 0 Å². The van der Waals surface area contributed by atoms with E-state index < -0.39 is 0 Å². The van der Waals surface area contributed by atoms with Gasteiger partial charge in [0, 0.05) is 27.6 Å². The highest BCUT2D eigenvalue weighted by atomic mass is 15.0. The lowest BCUT2D eigenvalue weighted by atomic mass is 9.97. The van der Waals surface area contributed by atoms with Crippen molar-refractivity contribution in [3.05, 3.63) is 139 Å². The van der Waals surface area contributed by atoms with Gasteiger partial charge in [0.05, 0.1) is 11.0 Å². The van der Waals surface area contributed by atoms with Gasteiger partial charge in [0.1, 0.15) is 0 Å². The summed E-state index contributed by atoms with van der Waals surface area (Å²) < 4.78 is 2.35.